The van der Waals surface area contributed by atoms with Gasteiger partial charge in [0.05, 0.1) is 11.7 Å². The number of hydrogen-bond acceptors (Lipinski definition) is 3. The Bertz CT molecular complexity index is 661. The fraction of sp³-hybridized carbons (Fsp3) is 0.143. The summed E-state index contributed by atoms with van der Waals surface area (Å²) in [5, 5.41) is 5.36. The molecular weight excluding hydrogens is 226 g/mol. The minimum absolute atomic E-state index is 0.512. The molecule has 0 N–H and O–H groups in total. The van der Waals surface area contributed by atoms with E-state index < -0.39 is 0 Å². The summed E-state index contributed by atoms with van der Waals surface area (Å²) in [5.74, 6) is 0.641. The zero-order chi connectivity index (χ0) is 12.4. The van der Waals surface area contributed by atoms with Crippen molar-refractivity contribution in [3.05, 3.63) is 54.4 Å². The zero-order valence-electron chi connectivity index (χ0n) is 10.1. The van der Waals surface area contributed by atoms with Gasteiger partial charge in [-0.15, -0.1) is 0 Å². The summed E-state index contributed by atoms with van der Waals surface area (Å²) in [6, 6.07) is 11.8. The van der Waals surface area contributed by atoms with E-state index in [4.69, 9.17) is 4.74 Å². The Morgan fingerprint density at radius 3 is 3.00 bits per heavy atom. The normalized spacial score (nSPS) is 10.7. The molecule has 0 fully saturated rings. The average molecular weight is 239 g/mol. The van der Waals surface area contributed by atoms with Crippen LogP contribution in [0.2, 0.25) is 0 Å². The number of ether oxygens (including phenoxy) is 1. The predicted molar refractivity (Wildman–Crippen MR) is 69.3 cm³/mol. The van der Waals surface area contributed by atoms with Gasteiger partial charge in [0, 0.05) is 24.7 Å². The van der Waals surface area contributed by atoms with Gasteiger partial charge in [-0.25, -0.2) is 4.98 Å². The lowest BCUT2D eigenvalue weighted by molar-refractivity contribution is 0.294. The summed E-state index contributed by atoms with van der Waals surface area (Å²) in [4.78, 5) is 4.12. The Labute approximate surface area is 105 Å². The standard InChI is InChI=1S/C14H13N3O/c1-17-13-8-11(5-6-12(13)9-16-17)10-18-14-4-2-3-7-15-14/h2-9H,10H2,1H3. The van der Waals surface area contributed by atoms with Crippen LogP contribution in [0, 0.1) is 0 Å². The fourth-order valence-corrected chi connectivity index (χ4v) is 1.87. The van der Waals surface area contributed by atoms with E-state index in [9.17, 15) is 0 Å². The minimum Gasteiger partial charge on any atom is -0.473 e. The molecule has 0 amide bonds. The van der Waals surface area contributed by atoms with Crippen LogP contribution in [0.1, 0.15) is 5.56 Å². The summed E-state index contributed by atoms with van der Waals surface area (Å²) in [6.45, 7) is 0.512. The molecule has 3 rings (SSSR count). The number of rotatable bonds is 3. The maximum absolute atomic E-state index is 5.62. The van der Waals surface area contributed by atoms with Gasteiger partial charge < -0.3 is 4.74 Å². The SMILES string of the molecule is Cn1ncc2ccc(COc3ccccn3)cc21. The quantitative estimate of drug-likeness (QED) is 0.705. The minimum atomic E-state index is 0.512. The van der Waals surface area contributed by atoms with Crippen molar-refractivity contribution in [2.24, 2.45) is 7.05 Å². The van der Waals surface area contributed by atoms with Gasteiger partial charge >= 0.3 is 0 Å². The van der Waals surface area contributed by atoms with E-state index in [1.807, 2.05) is 42.2 Å². The van der Waals surface area contributed by atoms with E-state index in [1.165, 1.54) is 0 Å². The van der Waals surface area contributed by atoms with Crippen LogP contribution in [-0.2, 0) is 13.7 Å². The van der Waals surface area contributed by atoms with Gasteiger partial charge in [-0.05, 0) is 17.7 Å². The van der Waals surface area contributed by atoms with Crippen LogP contribution in [0.4, 0.5) is 0 Å². The largest absolute Gasteiger partial charge is 0.473 e. The maximum Gasteiger partial charge on any atom is 0.213 e. The fourth-order valence-electron chi connectivity index (χ4n) is 1.87. The molecule has 4 heteroatoms. The zero-order valence-corrected chi connectivity index (χ0v) is 10.1. The van der Waals surface area contributed by atoms with Crippen LogP contribution < -0.4 is 4.74 Å². The third-order valence-corrected chi connectivity index (χ3v) is 2.84. The van der Waals surface area contributed by atoms with Crippen molar-refractivity contribution >= 4 is 10.9 Å². The molecule has 0 saturated carbocycles. The van der Waals surface area contributed by atoms with Gasteiger partial charge in [0.25, 0.3) is 0 Å². The highest BCUT2D eigenvalue weighted by Gasteiger charge is 2.02. The molecule has 0 unspecified atom stereocenters. The molecule has 0 aliphatic heterocycles. The van der Waals surface area contributed by atoms with E-state index in [-0.39, 0.29) is 0 Å². The Morgan fingerprint density at radius 1 is 1.22 bits per heavy atom. The van der Waals surface area contributed by atoms with Crippen LogP contribution in [0.5, 0.6) is 5.88 Å². The highest BCUT2D eigenvalue weighted by atomic mass is 16.5. The molecule has 90 valence electrons. The van der Waals surface area contributed by atoms with Crippen LogP contribution >= 0.6 is 0 Å². The van der Waals surface area contributed by atoms with Gasteiger partial charge in [0.1, 0.15) is 6.61 Å². The number of nitrogens with zero attached hydrogens (tertiary/aromatic N) is 3. The summed E-state index contributed by atoms with van der Waals surface area (Å²) in [6.07, 6.45) is 3.58. The van der Waals surface area contributed by atoms with Crippen molar-refractivity contribution in [2.45, 2.75) is 6.61 Å². The number of benzene rings is 1. The first-order valence-corrected chi connectivity index (χ1v) is 5.77. The van der Waals surface area contributed by atoms with Gasteiger partial charge in [-0.1, -0.05) is 18.2 Å². The number of pyridine rings is 1. The lowest BCUT2D eigenvalue weighted by Crippen LogP contribution is -1.97. The summed E-state index contributed by atoms with van der Waals surface area (Å²) >= 11 is 0. The van der Waals surface area contributed by atoms with Crippen molar-refractivity contribution in [1.82, 2.24) is 14.8 Å². The van der Waals surface area contributed by atoms with Crippen molar-refractivity contribution in [2.75, 3.05) is 0 Å². The second-order valence-electron chi connectivity index (χ2n) is 4.12. The molecule has 0 aliphatic carbocycles. The van der Waals surface area contributed by atoms with Gasteiger partial charge in [0.2, 0.25) is 5.88 Å². The average Bonchev–Trinajstić information content (AvgIpc) is 2.79. The van der Waals surface area contributed by atoms with Gasteiger partial charge in [-0.3, -0.25) is 4.68 Å². The molecule has 0 aliphatic rings. The summed E-state index contributed by atoms with van der Waals surface area (Å²) in [5.41, 5.74) is 2.22. The maximum atomic E-state index is 5.62. The molecule has 2 heterocycles. The van der Waals surface area contributed by atoms with E-state index in [2.05, 4.69) is 22.2 Å². The molecule has 1 aromatic carbocycles. The Hall–Kier alpha value is -2.36. The Morgan fingerprint density at radius 2 is 2.17 bits per heavy atom. The molecule has 0 saturated heterocycles. The molecule has 18 heavy (non-hydrogen) atoms. The van der Waals surface area contributed by atoms with Gasteiger partial charge in [-0.2, -0.15) is 5.10 Å². The summed E-state index contributed by atoms with van der Waals surface area (Å²) < 4.78 is 7.48. The predicted octanol–water partition coefficient (Wildman–Crippen LogP) is 2.55. The van der Waals surface area contributed by atoms with E-state index in [0.717, 1.165) is 16.5 Å². The van der Waals surface area contributed by atoms with E-state index in [0.29, 0.717) is 12.5 Å². The molecule has 0 radical (unpaired) electrons. The lowest BCUT2D eigenvalue weighted by Gasteiger charge is -2.05. The number of fused-ring (bicyclic) bond motifs is 1. The first-order chi connectivity index (χ1) is 8.83. The van der Waals surface area contributed by atoms with Crippen molar-refractivity contribution in [1.29, 1.82) is 0 Å². The van der Waals surface area contributed by atoms with Crippen molar-refractivity contribution in [3.8, 4) is 5.88 Å². The number of aromatic nitrogens is 3. The molecule has 2 aromatic heterocycles. The topological polar surface area (TPSA) is 39.9 Å². The first kappa shape index (κ1) is 10.8. The molecular formula is C14H13N3O. The molecule has 0 atom stereocenters. The van der Waals surface area contributed by atoms with Crippen LogP contribution in [0.3, 0.4) is 0 Å². The van der Waals surface area contributed by atoms with Crippen molar-refractivity contribution in [3.63, 3.8) is 0 Å². The third kappa shape index (κ3) is 2.05. The summed E-state index contributed by atoms with van der Waals surface area (Å²) in [7, 11) is 1.94. The molecule has 4 nitrogen and oxygen atoms in total. The van der Waals surface area contributed by atoms with Crippen LogP contribution in [0.25, 0.3) is 10.9 Å². The second kappa shape index (κ2) is 4.49. The van der Waals surface area contributed by atoms with Crippen molar-refractivity contribution < 1.29 is 4.74 Å². The smallest absolute Gasteiger partial charge is 0.213 e. The third-order valence-electron chi connectivity index (χ3n) is 2.84. The van der Waals surface area contributed by atoms with Gasteiger partial charge in [0.15, 0.2) is 0 Å². The molecule has 0 bridgehead atoms. The molecule has 0 spiro atoms. The second-order valence-corrected chi connectivity index (χ2v) is 4.12. The number of aryl methyl sites for hydroxylation is 1. The van der Waals surface area contributed by atoms with Crippen LogP contribution in [-0.4, -0.2) is 14.8 Å². The van der Waals surface area contributed by atoms with E-state index >= 15 is 0 Å². The first-order valence-electron chi connectivity index (χ1n) is 5.77. The number of hydrogen-bond donors (Lipinski definition) is 0. The highest BCUT2D eigenvalue weighted by molar-refractivity contribution is 5.79. The van der Waals surface area contributed by atoms with Crippen LogP contribution in [0.15, 0.2) is 48.8 Å². The molecule has 3 aromatic rings. The lowest BCUT2D eigenvalue weighted by atomic mass is 10.2. The highest BCUT2D eigenvalue weighted by Crippen LogP contribution is 2.16. The Kier molecular flexibility index (Phi) is 2.68. The Balaban J connectivity index is 1.80. The monoisotopic (exact) mass is 239 g/mol. The van der Waals surface area contributed by atoms with E-state index in [1.54, 1.807) is 6.20 Å².